The summed E-state index contributed by atoms with van der Waals surface area (Å²) in [6.07, 6.45) is 1.28. The Morgan fingerprint density at radius 3 is 2.52 bits per heavy atom. The number of carbonyl (C=O) groups is 2. The lowest BCUT2D eigenvalue weighted by Crippen LogP contribution is -2.18. The highest BCUT2D eigenvalue weighted by Crippen LogP contribution is 2.22. The zero-order valence-corrected chi connectivity index (χ0v) is 17.3. The summed E-state index contributed by atoms with van der Waals surface area (Å²) in [6.45, 7) is 0. The standard InChI is InChI=1S/C21H14BrN3O6/c22-15-7-10-18(26)17(11-15)20(27)24-23-12-14-3-1-2-4-19(14)31-21(28)13-5-8-16(9-6-13)25(29)30/h1-12,26H,(H,24,27)/b23-12+. The van der Waals surface area contributed by atoms with E-state index in [0.717, 1.165) is 0 Å². The van der Waals surface area contributed by atoms with Crippen LogP contribution < -0.4 is 10.2 Å². The second kappa shape index (κ2) is 9.63. The number of rotatable bonds is 6. The van der Waals surface area contributed by atoms with Crippen molar-refractivity contribution in [3.05, 3.63) is 98.0 Å². The van der Waals surface area contributed by atoms with Gasteiger partial charge in [0.25, 0.3) is 11.6 Å². The first-order valence-corrected chi connectivity index (χ1v) is 9.52. The number of halogens is 1. The van der Waals surface area contributed by atoms with E-state index in [9.17, 15) is 24.8 Å². The Bertz CT molecular complexity index is 1180. The van der Waals surface area contributed by atoms with Crippen molar-refractivity contribution in [1.82, 2.24) is 5.43 Å². The smallest absolute Gasteiger partial charge is 0.343 e. The maximum absolute atomic E-state index is 12.3. The number of carbonyl (C=O) groups excluding carboxylic acids is 2. The fraction of sp³-hybridized carbons (Fsp3) is 0. The first kappa shape index (κ1) is 21.7. The molecule has 0 aromatic heterocycles. The second-order valence-electron chi connectivity index (χ2n) is 6.09. The number of phenolic OH excluding ortho intramolecular Hbond substituents is 1. The van der Waals surface area contributed by atoms with E-state index in [2.05, 4.69) is 26.5 Å². The Kier molecular flexibility index (Phi) is 6.73. The lowest BCUT2D eigenvalue weighted by Gasteiger charge is -2.07. The number of nitrogens with zero attached hydrogens (tertiary/aromatic N) is 2. The predicted octanol–water partition coefficient (Wildman–Crippen LogP) is 4.05. The number of nitro benzene ring substituents is 1. The van der Waals surface area contributed by atoms with Crippen LogP contribution in [-0.4, -0.2) is 28.1 Å². The number of non-ortho nitro benzene ring substituents is 1. The molecule has 9 nitrogen and oxygen atoms in total. The van der Waals surface area contributed by atoms with E-state index in [4.69, 9.17) is 4.74 Å². The van der Waals surface area contributed by atoms with Crippen LogP contribution in [-0.2, 0) is 0 Å². The summed E-state index contributed by atoms with van der Waals surface area (Å²) in [7, 11) is 0. The van der Waals surface area contributed by atoms with Crippen molar-refractivity contribution < 1.29 is 24.4 Å². The van der Waals surface area contributed by atoms with Gasteiger partial charge in [-0.15, -0.1) is 0 Å². The molecule has 0 atom stereocenters. The van der Waals surface area contributed by atoms with Gasteiger partial charge in [-0.2, -0.15) is 5.10 Å². The number of esters is 1. The average Bonchev–Trinajstić information content (AvgIpc) is 2.76. The Labute approximate surface area is 184 Å². The maximum atomic E-state index is 12.3. The predicted molar refractivity (Wildman–Crippen MR) is 115 cm³/mol. The number of hydrazone groups is 1. The Hall–Kier alpha value is -4.05. The van der Waals surface area contributed by atoms with Gasteiger partial charge in [-0.3, -0.25) is 14.9 Å². The summed E-state index contributed by atoms with van der Waals surface area (Å²) in [5.41, 5.74) is 2.71. The molecule has 3 rings (SSSR count). The van der Waals surface area contributed by atoms with Gasteiger partial charge in [0.05, 0.1) is 22.3 Å². The number of amides is 1. The number of aromatic hydroxyl groups is 1. The first-order chi connectivity index (χ1) is 14.8. The number of ether oxygens (including phenoxy) is 1. The average molecular weight is 484 g/mol. The van der Waals surface area contributed by atoms with Gasteiger partial charge in [0.2, 0.25) is 0 Å². The molecule has 0 saturated heterocycles. The van der Waals surface area contributed by atoms with E-state index in [-0.39, 0.29) is 28.3 Å². The molecule has 0 spiro atoms. The molecule has 0 fully saturated rings. The van der Waals surface area contributed by atoms with Crippen molar-refractivity contribution in [1.29, 1.82) is 0 Å². The third-order valence-corrected chi connectivity index (χ3v) is 4.50. The molecule has 0 aliphatic carbocycles. The van der Waals surface area contributed by atoms with Gasteiger partial charge < -0.3 is 9.84 Å². The molecule has 0 radical (unpaired) electrons. The van der Waals surface area contributed by atoms with Crippen molar-refractivity contribution in [3.8, 4) is 11.5 Å². The van der Waals surface area contributed by atoms with E-state index in [0.29, 0.717) is 10.0 Å². The van der Waals surface area contributed by atoms with Crippen molar-refractivity contribution in [2.24, 2.45) is 5.10 Å². The Morgan fingerprint density at radius 1 is 1.10 bits per heavy atom. The molecule has 10 heteroatoms. The third-order valence-electron chi connectivity index (χ3n) is 4.01. The minimum Gasteiger partial charge on any atom is -0.507 e. The number of hydrogen-bond acceptors (Lipinski definition) is 7. The Balaban J connectivity index is 1.71. The highest BCUT2D eigenvalue weighted by atomic mass is 79.9. The van der Waals surface area contributed by atoms with Crippen LogP contribution in [0.1, 0.15) is 26.3 Å². The maximum Gasteiger partial charge on any atom is 0.343 e. The van der Waals surface area contributed by atoms with Gasteiger partial charge in [0.1, 0.15) is 11.5 Å². The Morgan fingerprint density at radius 2 is 1.81 bits per heavy atom. The number of para-hydroxylation sites is 1. The largest absolute Gasteiger partial charge is 0.507 e. The van der Waals surface area contributed by atoms with E-state index in [1.165, 1.54) is 48.7 Å². The lowest BCUT2D eigenvalue weighted by molar-refractivity contribution is -0.384. The topological polar surface area (TPSA) is 131 Å². The molecule has 0 bridgehead atoms. The van der Waals surface area contributed by atoms with Crippen molar-refractivity contribution >= 4 is 39.7 Å². The quantitative estimate of drug-likeness (QED) is 0.179. The molecule has 0 unspecified atom stereocenters. The summed E-state index contributed by atoms with van der Waals surface area (Å²) in [4.78, 5) is 34.7. The van der Waals surface area contributed by atoms with Crippen LogP contribution in [0.2, 0.25) is 0 Å². The zero-order chi connectivity index (χ0) is 22.4. The van der Waals surface area contributed by atoms with Crippen LogP contribution in [0.5, 0.6) is 11.5 Å². The number of phenols is 1. The van der Waals surface area contributed by atoms with E-state index in [1.807, 2.05) is 0 Å². The molecule has 3 aromatic carbocycles. The van der Waals surface area contributed by atoms with Gasteiger partial charge in [-0.05, 0) is 42.5 Å². The summed E-state index contributed by atoms with van der Waals surface area (Å²) in [5, 5.41) is 24.4. The normalized spacial score (nSPS) is 10.6. The molecule has 0 heterocycles. The van der Waals surface area contributed by atoms with Crippen LogP contribution in [0.25, 0.3) is 0 Å². The molecule has 0 aliphatic rings. The second-order valence-corrected chi connectivity index (χ2v) is 7.01. The fourth-order valence-corrected chi connectivity index (χ4v) is 2.83. The van der Waals surface area contributed by atoms with Crippen LogP contribution in [0.3, 0.4) is 0 Å². The number of nitro groups is 1. The molecular weight excluding hydrogens is 470 g/mol. The van der Waals surface area contributed by atoms with E-state index in [1.54, 1.807) is 24.3 Å². The van der Waals surface area contributed by atoms with Gasteiger partial charge in [-0.1, -0.05) is 28.1 Å². The summed E-state index contributed by atoms with van der Waals surface area (Å²) < 4.78 is 5.96. The van der Waals surface area contributed by atoms with E-state index >= 15 is 0 Å². The number of benzene rings is 3. The molecule has 1 amide bonds. The SMILES string of the molecule is O=C(Oc1ccccc1/C=N/NC(=O)c1cc(Br)ccc1O)c1ccc([N+](=O)[O-])cc1. The fourth-order valence-electron chi connectivity index (χ4n) is 2.47. The minimum atomic E-state index is -0.709. The number of hydrogen-bond donors (Lipinski definition) is 2. The van der Waals surface area contributed by atoms with Crippen LogP contribution >= 0.6 is 15.9 Å². The van der Waals surface area contributed by atoms with Crippen LogP contribution in [0.15, 0.2) is 76.3 Å². The highest BCUT2D eigenvalue weighted by Gasteiger charge is 2.14. The van der Waals surface area contributed by atoms with E-state index < -0.39 is 16.8 Å². The molecule has 0 saturated carbocycles. The molecular formula is C21H14BrN3O6. The highest BCUT2D eigenvalue weighted by molar-refractivity contribution is 9.10. The molecule has 156 valence electrons. The molecule has 2 N–H and O–H groups in total. The van der Waals surface area contributed by atoms with Crippen LogP contribution in [0, 0.1) is 10.1 Å². The van der Waals surface area contributed by atoms with Crippen molar-refractivity contribution in [2.45, 2.75) is 0 Å². The number of nitrogens with one attached hydrogen (secondary N) is 1. The summed E-state index contributed by atoms with van der Waals surface area (Å²) in [5.74, 6) is -1.36. The molecule has 31 heavy (non-hydrogen) atoms. The summed E-state index contributed by atoms with van der Waals surface area (Å²) >= 11 is 3.22. The zero-order valence-electron chi connectivity index (χ0n) is 15.7. The minimum absolute atomic E-state index is 0.0319. The third kappa shape index (κ3) is 5.52. The first-order valence-electron chi connectivity index (χ1n) is 8.73. The van der Waals surface area contributed by atoms with Gasteiger partial charge >= 0.3 is 5.97 Å². The van der Waals surface area contributed by atoms with Gasteiger partial charge in [0.15, 0.2) is 0 Å². The van der Waals surface area contributed by atoms with Gasteiger partial charge in [-0.25, -0.2) is 10.2 Å². The monoisotopic (exact) mass is 483 g/mol. The lowest BCUT2D eigenvalue weighted by atomic mass is 10.2. The van der Waals surface area contributed by atoms with Gasteiger partial charge in [0, 0.05) is 22.2 Å². The molecule has 0 aliphatic heterocycles. The van der Waals surface area contributed by atoms with Crippen molar-refractivity contribution in [3.63, 3.8) is 0 Å². The van der Waals surface area contributed by atoms with Crippen LogP contribution in [0.4, 0.5) is 5.69 Å². The summed E-state index contributed by atoms with van der Waals surface area (Å²) in [6, 6.07) is 15.9. The molecule has 3 aromatic rings. The van der Waals surface area contributed by atoms with Crippen molar-refractivity contribution in [2.75, 3.05) is 0 Å².